The SMILES string of the molecule is CCCC(N)C(=O)Nc1cc(C)cc(C)c1.Cl. The summed E-state index contributed by atoms with van der Waals surface area (Å²) >= 11 is 0. The number of carbonyl (C=O) groups excluding carboxylic acids is 1. The molecule has 0 saturated carbocycles. The molecule has 1 amide bonds. The molecular formula is C13H21ClN2O. The Kier molecular flexibility index (Phi) is 6.85. The summed E-state index contributed by atoms with van der Waals surface area (Å²) in [5.41, 5.74) is 8.84. The molecule has 1 atom stereocenters. The van der Waals surface area contributed by atoms with E-state index in [4.69, 9.17) is 5.73 Å². The molecule has 0 radical (unpaired) electrons. The van der Waals surface area contributed by atoms with Crippen molar-refractivity contribution in [2.24, 2.45) is 5.73 Å². The molecule has 1 aromatic carbocycles. The van der Waals surface area contributed by atoms with E-state index in [1.807, 2.05) is 32.9 Å². The summed E-state index contributed by atoms with van der Waals surface area (Å²) in [4.78, 5) is 11.7. The average molecular weight is 257 g/mol. The largest absolute Gasteiger partial charge is 0.325 e. The van der Waals surface area contributed by atoms with E-state index in [1.165, 1.54) is 0 Å². The van der Waals surface area contributed by atoms with Crippen LogP contribution in [0.4, 0.5) is 5.69 Å². The molecule has 0 aromatic heterocycles. The van der Waals surface area contributed by atoms with Crippen LogP contribution in [0.1, 0.15) is 30.9 Å². The van der Waals surface area contributed by atoms with Crippen LogP contribution in [-0.2, 0) is 4.79 Å². The van der Waals surface area contributed by atoms with E-state index in [9.17, 15) is 4.79 Å². The standard InChI is InChI=1S/C13H20N2O.ClH/c1-4-5-12(14)13(16)15-11-7-9(2)6-10(3)8-11;/h6-8,12H,4-5,14H2,1-3H3,(H,15,16);1H. The molecule has 1 aromatic rings. The summed E-state index contributed by atoms with van der Waals surface area (Å²) in [5.74, 6) is -0.105. The average Bonchev–Trinajstić information content (AvgIpc) is 2.16. The minimum absolute atomic E-state index is 0. The molecule has 0 spiro atoms. The van der Waals surface area contributed by atoms with Gasteiger partial charge in [0.25, 0.3) is 0 Å². The molecular weight excluding hydrogens is 236 g/mol. The maximum Gasteiger partial charge on any atom is 0.241 e. The summed E-state index contributed by atoms with van der Waals surface area (Å²) in [5, 5.41) is 2.84. The number of rotatable bonds is 4. The second-order valence-corrected chi connectivity index (χ2v) is 4.26. The fourth-order valence-corrected chi connectivity index (χ4v) is 1.72. The van der Waals surface area contributed by atoms with Crippen molar-refractivity contribution in [1.82, 2.24) is 0 Å². The van der Waals surface area contributed by atoms with Gasteiger partial charge in [-0.05, 0) is 43.5 Å². The monoisotopic (exact) mass is 256 g/mol. The van der Waals surface area contributed by atoms with Gasteiger partial charge < -0.3 is 11.1 Å². The van der Waals surface area contributed by atoms with Gasteiger partial charge in [-0.1, -0.05) is 19.4 Å². The van der Waals surface area contributed by atoms with E-state index < -0.39 is 6.04 Å². The molecule has 1 rings (SSSR count). The lowest BCUT2D eigenvalue weighted by Crippen LogP contribution is -2.35. The number of halogens is 1. The van der Waals surface area contributed by atoms with Crippen LogP contribution >= 0.6 is 12.4 Å². The zero-order valence-electron chi connectivity index (χ0n) is 10.6. The summed E-state index contributed by atoms with van der Waals surface area (Å²) in [7, 11) is 0. The van der Waals surface area contributed by atoms with Gasteiger partial charge in [0.1, 0.15) is 0 Å². The number of amides is 1. The Balaban J connectivity index is 0.00000256. The Morgan fingerprint density at radius 1 is 1.29 bits per heavy atom. The maximum atomic E-state index is 11.7. The second-order valence-electron chi connectivity index (χ2n) is 4.26. The van der Waals surface area contributed by atoms with Gasteiger partial charge in [0.15, 0.2) is 0 Å². The van der Waals surface area contributed by atoms with E-state index >= 15 is 0 Å². The minimum Gasteiger partial charge on any atom is -0.325 e. The van der Waals surface area contributed by atoms with E-state index in [1.54, 1.807) is 0 Å². The van der Waals surface area contributed by atoms with Crippen LogP contribution in [0.5, 0.6) is 0 Å². The molecule has 0 aliphatic rings. The van der Waals surface area contributed by atoms with Crippen molar-refractivity contribution in [2.45, 2.75) is 39.7 Å². The van der Waals surface area contributed by atoms with Crippen LogP contribution in [-0.4, -0.2) is 11.9 Å². The first-order valence-electron chi connectivity index (χ1n) is 5.67. The van der Waals surface area contributed by atoms with Crippen LogP contribution < -0.4 is 11.1 Å². The van der Waals surface area contributed by atoms with Crippen molar-refractivity contribution in [3.05, 3.63) is 29.3 Å². The zero-order valence-corrected chi connectivity index (χ0v) is 11.4. The third-order valence-electron chi connectivity index (χ3n) is 2.43. The van der Waals surface area contributed by atoms with Crippen LogP contribution in [0.15, 0.2) is 18.2 Å². The lowest BCUT2D eigenvalue weighted by atomic mass is 10.1. The molecule has 0 aliphatic carbocycles. The second kappa shape index (κ2) is 7.30. The van der Waals surface area contributed by atoms with Gasteiger partial charge in [-0.25, -0.2) is 0 Å². The first kappa shape index (κ1) is 15.9. The predicted octanol–water partition coefficient (Wildman–Crippen LogP) is 2.79. The minimum atomic E-state index is -0.411. The Morgan fingerprint density at radius 2 is 1.82 bits per heavy atom. The number of benzene rings is 1. The summed E-state index contributed by atoms with van der Waals surface area (Å²) in [6.45, 7) is 6.03. The van der Waals surface area contributed by atoms with Crippen LogP contribution in [0.2, 0.25) is 0 Å². The van der Waals surface area contributed by atoms with Gasteiger partial charge in [-0.3, -0.25) is 4.79 Å². The number of aryl methyl sites for hydroxylation is 2. The van der Waals surface area contributed by atoms with Gasteiger partial charge in [-0.2, -0.15) is 0 Å². The molecule has 17 heavy (non-hydrogen) atoms. The van der Waals surface area contributed by atoms with E-state index in [0.29, 0.717) is 0 Å². The van der Waals surface area contributed by atoms with Crippen molar-refractivity contribution in [3.8, 4) is 0 Å². The van der Waals surface area contributed by atoms with E-state index in [2.05, 4.69) is 11.4 Å². The maximum absolute atomic E-state index is 11.7. The number of carbonyl (C=O) groups is 1. The van der Waals surface area contributed by atoms with Gasteiger partial charge in [-0.15, -0.1) is 12.4 Å². The summed E-state index contributed by atoms with van der Waals surface area (Å²) < 4.78 is 0. The first-order valence-corrected chi connectivity index (χ1v) is 5.67. The van der Waals surface area contributed by atoms with Gasteiger partial charge in [0.05, 0.1) is 6.04 Å². The van der Waals surface area contributed by atoms with Crippen molar-refractivity contribution in [3.63, 3.8) is 0 Å². The quantitative estimate of drug-likeness (QED) is 0.870. The lowest BCUT2D eigenvalue weighted by Gasteiger charge is -2.12. The van der Waals surface area contributed by atoms with Crippen LogP contribution in [0.25, 0.3) is 0 Å². The molecule has 0 saturated heterocycles. The number of hydrogen-bond donors (Lipinski definition) is 2. The summed E-state index contributed by atoms with van der Waals surface area (Å²) in [6, 6.07) is 5.56. The molecule has 3 N–H and O–H groups in total. The number of hydrogen-bond acceptors (Lipinski definition) is 2. The highest BCUT2D eigenvalue weighted by Crippen LogP contribution is 2.14. The fourth-order valence-electron chi connectivity index (χ4n) is 1.72. The number of anilines is 1. The molecule has 3 nitrogen and oxygen atoms in total. The van der Waals surface area contributed by atoms with Crippen LogP contribution in [0.3, 0.4) is 0 Å². The van der Waals surface area contributed by atoms with Crippen molar-refractivity contribution in [1.29, 1.82) is 0 Å². The molecule has 1 unspecified atom stereocenters. The van der Waals surface area contributed by atoms with Gasteiger partial charge >= 0.3 is 0 Å². The molecule has 0 aliphatic heterocycles. The topological polar surface area (TPSA) is 55.1 Å². The van der Waals surface area contributed by atoms with E-state index in [-0.39, 0.29) is 18.3 Å². The predicted molar refractivity (Wildman–Crippen MR) is 74.7 cm³/mol. The van der Waals surface area contributed by atoms with Crippen molar-refractivity contribution < 1.29 is 4.79 Å². The normalized spacial score (nSPS) is 11.5. The van der Waals surface area contributed by atoms with E-state index in [0.717, 1.165) is 29.7 Å². The third kappa shape index (κ3) is 5.20. The zero-order chi connectivity index (χ0) is 12.1. The van der Waals surface area contributed by atoms with Gasteiger partial charge in [0, 0.05) is 5.69 Å². The highest BCUT2D eigenvalue weighted by Gasteiger charge is 2.12. The number of nitrogens with two attached hydrogens (primary N) is 1. The first-order chi connectivity index (χ1) is 7.52. The molecule has 0 fully saturated rings. The lowest BCUT2D eigenvalue weighted by molar-refractivity contribution is -0.117. The van der Waals surface area contributed by atoms with Crippen LogP contribution in [0, 0.1) is 13.8 Å². The van der Waals surface area contributed by atoms with Crippen molar-refractivity contribution in [2.75, 3.05) is 5.32 Å². The molecule has 0 heterocycles. The molecule has 96 valence electrons. The Bertz CT molecular complexity index is 359. The fraction of sp³-hybridized carbons (Fsp3) is 0.462. The number of nitrogens with one attached hydrogen (secondary N) is 1. The highest BCUT2D eigenvalue weighted by atomic mass is 35.5. The molecule has 0 bridgehead atoms. The Hall–Kier alpha value is -1.06. The highest BCUT2D eigenvalue weighted by molar-refractivity contribution is 5.94. The van der Waals surface area contributed by atoms with Crippen molar-refractivity contribution >= 4 is 24.0 Å². The Labute approximate surface area is 109 Å². The Morgan fingerprint density at radius 3 is 2.29 bits per heavy atom. The third-order valence-corrected chi connectivity index (χ3v) is 2.43. The smallest absolute Gasteiger partial charge is 0.241 e. The molecule has 4 heteroatoms. The summed E-state index contributed by atoms with van der Waals surface area (Å²) in [6.07, 6.45) is 1.64. The van der Waals surface area contributed by atoms with Gasteiger partial charge in [0.2, 0.25) is 5.91 Å².